The van der Waals surface area contributed by atoms with Crippen molar-refractivity contribution in [1.82, 2.24) is 15.5 Å². The van der Waals surface area contributed by atoms with Gasteiger partial charge in [-0.05, 0) is 55.5 Å². The van der Waals surface area contributed by atoms with Gasteiger partial charge in [-0.1, -0.05) is 19.9 Å². The Bertz CT molecular complexity index is 796. The summed E-state index contributed by atoms with van der Waals surface area (Å²) in [6.45, 7) is 10.4. The van der Waals surface area contributed by atoms with Crippen molar-refractivity contribution in [3.63, 3.8) is 0 Å². The smallest absolute Gasteiger partial charge is 0.191 e. The van der Waals surface area contributed by atoms with Crippen LogP contribution in [0.15, 0.2) is 23.2 Å². The van der Waals surface area contributed by atoms with Gasteiger partial charge in [-0.3, -0.25) is 4.90 Å². The number of rotatable bonds is 9. The molecule has 0 saturated carbocycles. The monoisotopic (exact) mass is 426 g/mol. The number of hydrogen-bond acceptors (Lipinski definition) is 4. The first-order chi connectivity index (χ1) is 13.7. The molecule has 0 aromatic heterocycles. The van der Waals surface area contributed by atoms with Gasteiger partial charge < -0.3 is 10.6 Å². The van der Waals surface area contributed by atoms with Crippen molar-refractivity contribution in [1.29, 1.82) is 0 Å². The van der Waals surface area contributed by atoms with Gasteiger partial charge in [0.25, 0.3) is 0 Å². The van der Waals surface area contributed by atoms with Gasteiger partial charge in [-0.25, -0.2) is 17.8 Å². The maximum absolute atomic E-state index is 13.7. The summed E-state index contributed by atoms with van der Waals surface area (Å²) in [5, 5.41) is 6.63. The molecule has 1 fully saturated rings. The van der Waals surface area contributed by atoms with E-state index >= 15 is 0 Å². The highest BCUT2D eigenvalue weighted by atomic mass is 32.2. The average Bonchev–Trinajstić information content (AvgIpc) is 3.04. The minimum absolute atomic E-state index is 0.117. The maximum atomic E-state index is 13.7. The van der Waals surface area contributed by atoms with Crippen molar-refractivity contribution in [2.24, 2.45) is 10.9 Å². The van der Waals surface area contributed by atoms with Gasteiger partial charge in [-0.15, -0.1) is 0 Å². The van der Waals surface area contributed by atoms with Crippen molar-refractivity contribution >= 4 is 15.8 Å². The first-order valence-electron chi connectivity index (χ1n) is 10.4. The van der Waals surface area contributed by atoms with Crippen LogP contribution in [-0.2, 0) is 22.1 Å². The van der Waals surface area contributed by atoms with Crippen LogP contribution in [0, 0.1) is 11.7 Å². The van der Waals surface area contributed by atoms with Gasteiger partial charge in [0.1, 0.15) is 5.82 Å². The number of nitrogens with one attached hydrogen (secondary N) is 2. The molecule has 1 aromatic carbocycles. The molecule has 1 atom stereocenters. The highest BCUT2D eigenvalue weighted by Gasteiger charge is 2.24. The van der Waals surface area contributed by atoms with E-state index in [-0.39, 0.29) is 18.1 Å². The molecule has 0 radical (unpaired) electrons. The van der Waals surface area contributed by atoms with E-state index in [1.165, 1.54) is 37.3 Å². The van der Waals surface area contributed by atoms with Crippen molar-refractivity contribution in [3.05, 3.63) is 35.1 Å². The summed E-state index contributed by atoms with van der Waals surface area (Å²) in [4.78, 5) is 7.10. The molecule has 0 bridgehead atoms. The average molecular weight is 427 g/mol. The van der Waals surface area contributed by atoms with E-state index in [2.05, 4.69) is 34.4 Å². The molecule has 6 nitrogen and oxygen atoms in total. The van der Waals surface area contributed by atoms with E-state index in [1.54, 1.807) is 0 Å². The fourth-order valence-electron chi connectivity index (χ4n) is 3.72. The molecule has 2 rings (SSSR count). The van der Waals surface area contributed by atoms with E-state index in [4.69, 9.17) is 0 Å². The fourth-order valence-corrected chi connectivity index (χ4v) is 4.57. The number of benzene rings is 1. The predicted molar refractivity (Wildman–Crippen MR) is 117 cm³/mol. The van der Waals surface area contributed by atoms with E-state index < -0.39 is 9.84 Å². The molecule has 1 aromatic rings. The second-order valence-electron chi connectivity index (χ2n) is 8.24. The van der Waals surface area contributed by atoms with E-state index in [9.17, 15) is 12.8 Å². The standard InChI is InChI=1S/C21H35FN4O2S/c1-5-23-21(25-13-20-7-6-10-26(20)14-16(2)3)24-12-18-11-19(22)9-8-17(18)15-29(4,27)28/h8-9,11,16,20H,5-7,10,12-15H2,1-4H3,(H2,23,24,25)/t20-/m1/s1. The van der Waals surface area contributed by atoms with Crippen molar-refractivity contribution in [2.75, 3.05) is 32.4 Å². The molecular weight excluding hydrogens is 391 g/mol. The Morgan fingerprint density at radius 1 is 1.31 bits per heavy atom. The summed E-state index contributed by atoms with van der Waals surface area (Å²) in [7, 11) is -3.21. The summed E-state index contributed by atoms with van der Waals surface area (Å²) in [5.41, 5.74) is 1.18. The molecule has 0 spiro atoms. The summed E-state index contributed by atoms with van der Waals surface area (Å²) in [6.07, 6.45) is 3.56. The molecule has 29 heavy (non-hydrogen) atoms. The highest BCUT2D eigenvalue weighted by Crippen LogP contribution is 2.18. The van der Waals surface area contributed by atoms with Gasteiger partial charge in [0.2, 0.25) is 0 Å². The highest BCUT2D eigenvalue weighted by molar-refractivity contribution is 7.89. The third-order valence-electron chi connectivity index (χ3n) is 4.94. The second-order valence-corrected chi connectivity index (χ2v) is 10.4. The van der Waals surface area contributed by atoms with Gasteiger partial charge in [0.15, 0.2) is 15.8 Å². The Balaban J connectivity index is 2.06. The zero-order chi connectivity index (χ0) is 21.4. The third-order valence-corrected chi connectivity index (χ3v) is 5.78. The normalized spacial score (nSPS) is 18.4. The maximum Gasteiger partial charge on any atom is 0.191 e. The molecule has 0 unspecified atom stereocenters. The lowest BCUT2D eigenvalue weighted by atomic mass is 10.1. The fraction of sp³-hybridized carbons (Fsp3) is 0.667. The Kier molecular flexibility index (Phi) is 8.89. The molecule has 1 saturated heterocycles. The van der Waals surface area contributed by atoms with Crippen molar-refractivity contribution in [2.45, 2.75) is 52.0 Å². The number of aliphatic imine (C=N–C) groups is 1. The summed E-state index contributed by atoms with van der Waals surface area (Å²) in [6, 6.07) is 4.68. The molecule has 8 heteroatoms. The lowest BCUT2D eigenvalue weighted by Crippen LogP contribution is -2.45. The number of sulfone groups is 1. The van der Waals surface area contributed by atoms with Gasteiger partial charge in [0.05, 0.1) is 12.3 Å². The minimum atomic E-state index is -3.21. The summed E-state index contributed by atoms with van der Waals surface area (Å²) in [5.74, 6) is 0.798. The first kappa shape index (κ1) is 23.6. The van der Waals surface area contributed by atoms with Crippen LogP contribution < -0.4 is 10.6 Å². The SMILES string of the molecule is CCNC(=NCc1cc(F)ccc1CS(C)(=O)=O)NC[C@H]1CCCN1CC(C)C. The van der Waals surface area contributed by atoms with Crippen LogP contribution in [0.25, 0.3) is 0 Å². The molecule has 1 aliphatic heterocycles. The van der Waals surface area contributed by atoms with E-state index in [1.807, 2.05) is 6.92 Å². The van der Waals surface area contributed by atoms with E-state index in [0.29, 0.717) is 35.6 Å². The van der Waals surface area contributed by atoms with Crippen LogP contribution in [0.3, 0.4) is 0 Å². The van der Waals surface area contributed by atoms with E-state index in [0.717, 1.165) is 19.6 Å². The second kappa shape index (κ2) is 10.9. The minimum Gasteiger partial charge on any atom is -0.357 e. The summed E-state index contributed by atoms with van der Waals surface area (Å²) >= 11 is 0. The molecule has 2 N–H and O–H groups in total. The summed E-state index contributed by atoms with van der Waals surface area (Å²) < 4.78 is 37.1. The number of guanidine groups is 1. The third kappa shape index (κ3) is 8.30. The van der Waals surface area contributed by atoms with Gasteiger partial charge in [-0.2, -0.15) is 0 Å². The Morgan fingerprint density at radius 3 is 2.72 bits per heavy atom. The first-order valence-corrected chi connectivity index (χ1v) is 12.4. The number of hydrogen-bond donors (Lipinski definition) is 2. The van der Waals surface area contributed by atoms with Crippen LogP contribution in [0.4, 0.5) is 4.39 Å². The van der Waals surface area contributed by atoms with Crippen molar-refractivity contribution in [3.8, 4) is 0 Å². The number of nitrogens with zero attached hydrogens (tertiary/aromatic N) is 2. The lowest BCUT2D eigenvalue weighted by molar-refractivity contribution is 0.226. The van der Waals surface area contributed by atoms with Crippen molar-refractivity contribution < 1.29 is 12.8 Å². The Morgan fingerprint density at radius 2 is 2.07 bits per heavy atom. The Hall–Kier alpha value is -1.67. The predicted octanol–water partition coefficient (Wildman–Crippen LogP) is 2.55. The molecular formula is C21H35FN4O2S. The topological polar surface area (TPSA) is 73.8 Å². The van der Waals surface area contributed by atoms with Gasteiger partial charge in [0, 0.05) is 31.9 Å². The molecule has 0 aliphatic carbocycles. The van der Waals surface area contributed by atoms with Crippen LogP contribution >= 0.6 is 0 Å². The molecule has 0 amide bonds. The zero-order valence-corrected chi connectivity index (χ0v) is 18.9. The number of likely N-dealkylation sites (tertiary alicyclic amines) is 1. The van der Waals surface area contributed by atoms with Crippen LogP contribution in [0.2, 0.25) is 0 Å². The van der Waals surface area contributed by atoms with Crippen LogP contribution in [0.5, 0.6) is 0 Å². The van der Waals surface area contributed by atoms with Crippen LogP contribution in [-0.4, -0.2) is 57.8 Å². The molecule has 164 valence electrons. The molecule has 1 heterocycles. The van der Waals surface area contributed by atoms with Crippen LogP contribution in [0.1, 0.15) is 44.7 Å². The number of halogens is 1. The lowest BCUT2D eigenvalue weighted by Gasteiger charge is -2.27. The zero-order valence-electron chi connectivity index (χ0n) is 18.0. The Labute approximate surface area is 174 Å². The van der Waals surface area contributed by atoms with Gasteiger partial charge >= 0.3 is 0 Å². The quantitative estimate of drug-likeness (QED) is 0.469. The largest absolute Gasteiger partial charge is 0.357 e. The molecule has 1 aliphatic rings.